The first-order chi connectivity index (χ1) is 27.8. The van der Waals surface area contributed by atoms with E-state index in [4.69, 9.17) is 19.6 Å². The summed E-state index contributed by atoms with van der Waals surface area (Å²) < 4.78 is 17.0. The van der Waals surface area contributed by atoms with Gasteiger partial charge in [-0.15, -0.1) is 11.8 Å². The van der Waals surface area contributed by atoms with E-state index in [1.54, 1.807) is 36.0 Å². The fourth-order valence-electron chi connectivity index (χ4n) is 6.80. The number of thioether (sulfide) groups is 1. The van der Waals surface area contributed by atoms with Gasteiger partial charge in [0.25, 0.3) is 5.89 Å². The number of nitrogens with zero attached hydrogens (tertiary/aromatic N) is 2. The molecule has 1 unspecified atom stereocenters. The fourth-order valence-corrected chi connectivity index (χ4v) is 7.65. The maximum absolute atomic E-state index is 14.6. The summed E-state index contributed by atoms with van der Waals surface area (Å²) in [6.45, 7) is 0.643. The van der Waals surface area contributed by atoms with E-state index in [1.807, 2.05) is 72.1 Å². The minimum absolute atomic E-state index is 0.0128. The number of para-hydroxylation sites is 2. The third-order valence-corrected chi connectivity index (χ3v) is 10.9. The summed E-state index contributed by atoms with van der Waals surface area (Å²) in [6.07, 6.45) is 2.47. The molecule has 0 saturated carbocycles. The molecule has 15 heteroatoms. The molecular formula is C42H48N6O8S. The SMILES string of the molecule is NCCCC[C@H](NC(=O)[C@@H]1C[C@@H](OC(=O)NCC2CC=CS2)CN1C(=O)[C@@H](CCc1ccccc1)NC(=O)OCc1ccccc1)C(=O)c1nc2ccccc2o1. The summed E-state index contributed by atoms with van der Waals surface area (Å²) in [6, 6.07) is 22.3. The minimum atomic E-state index is -1.15. The van der Waals surface area contributed by atoms with Crippen molar-refractivity contribution in [2.75, 3.05) is 19.6 Å². The zero-order chi connectivity index (χ0) is 40.0. The average Bonchev–Trinajstić information content (AvgIpc) is 4.01. The maximum Gasteiger partial charge on any atom is 0.408 e. The number of allylic oxidation sites excluding steroid dienone is 1. The highest BCUT2D eigenvalue weighted by Gasteiger charge is 2.44. The molecule has 300 valence electrons. The first-order valence-electron chi connectivity index (χ1n) is 19.2. The number of Topliss-reactive ketones (excluding diaryl/α,β-unsaturated/α-hetero) is 1. The average molecular weight is 797 g/mol. The van der Waals surface area contributed by atoms with Crippen LogP contribution in [0, 0.1) is 0 Å². The molecule has 14 nitrogen and oxygen atoms in total. The largest absolute Gasteiger partial charge is 0.445 e. The molecule has 57 heavy (non-hydrogen) atoms. The third kappa shape index (κ3) is 11.7. The van der Waals surface area contributed by atoms with E-state index in [1.165, 1.54) is 4.90 Å². The molecule has 4 amide bonds. The lowest BCUT2D eigenvalue weighted by Crippen LogP contribution is -2.55. The van der Waals surface area contributed by atoms with Crippen LogP contribution in [0.4, 0.5) is 9.59 Å². The van der Waals surface area contributed by atoms with E-state index in [-0.39, 0.29) is 43.6 Å². The van der Waals surface area contributed by atoms with Crippen molar-refractivity contribution in [3.63, 3.8) is 0 Å². The summed E-state index contributed by atoms with van der Waals surface area (Å²) in [7, 11) is 0. The van der Waals surface area contributed by atoms with Crippen LogP contribution in [0.2, 0.25) is 0 Å². The molecule has 4 aromatic rings. The fraction of sp³-hybridized carbons (Fsp3) is 0.381. The Bertz CT molecular complexity index is 1970. The number of likely N-dealkylation sites (tertiary alicyclic amines) is 1. The second-order valence-electron chi connectivity index (χ2n) is 14.0. The number of fused-ring (bicyclic) bond motifs is 1. The number of hydrogen-bond donors (Lipinski definition) is 4. The van der Waals surface area contributed by atoms with Gasteiger partial charge in [-0.1, -0.05) is 78.9 Å². The van der Waals surface area contributed by atoms with Gasteiger partial charge in [-0.2, -0.15) is 0 Å². The number of carbonyl (C=O) groups excluding carboxylic acids is 5. The Morgan fingerprint density at radius 1 is 0.877 bits per heavy atom. The molecule has 1 aromatic heterocycles. The van der Waals surface area contributed by atoms with Gasteiger partial charge in [0.1, 0.15) is 30.3 Å². The van der Waals surface area contributed by atoms with Crippen molar-refractivity contribution in [2.24, 2.45) is 5.73 Å². The van der Waals surface area contributed by atoms with Crippen molar-refractivity contribution in [3.8, 4) is 0 Å². The Morgan fingerprint density at radius 2 is 1.61 bits per heavy atom. The summed E-state index contributed by atoms with van der Waals surface area (Å²) in [5.41, 5.74) is 8.39. The number of amides is 4. The van der Waals surface area contributed by atoms with Gasteiger partial charge in [0, 0.05) is 18.2 Å². The standard InChI is InChI=1S/C42H48N6O8S/c43-22-10-9-18-33(37(49)39-46-32-17-7-8-19-36(32)56-39)45-38(50)35-24-30(55-41(52)44-25-31-16-11-23-57-31)26-48(35)40(51)34(21-20-28-12-3-1-4-13-28)47-42(53)54-27-29-14-5-2-6-15-29/h1-8,11-15,17,19,23,30-31,33-35H,9-10,16,18,20-22,24-27,43H2,(H,44,52)(H,45,50)(H,47,53)/t30-,31?,33+,34-,35+/m1/s1. The van der Waals surface area contributed by atoms with Crippen LogP contribution < -0.4 is 21.7 Å². The second kappa shape index (κ2) is 20.5. The molecule has 3 aromatic carbocycles. The molecule has 0 aliphatic carbocycles. The Morgan fingerprint density at radius 3 is 2.33 bits per heavy atom. The van der Waals surface area contributed by atoms with Gasteiger partial charge in [0.15, 0.2) is 5.58 Å². The van der Waals surface area contributed by atoms with Crippen LogP contribution in [-0.4, -0.2) is 88.8 Å². The van der Waals surface area contributed by atoms with Crippen molar-refractivity contribution in [3.05, 3.63) is 113 Å². The molecular weight excluding hydrogens is 749 g/mol. The van der Waals surface area contributed by atoms with Crippen molar-refractivity contribution >= 4 is 52.6 Å². The normalized spacial score (nSPS) is 18.5. The Hall–Kier alpha value is -5.67. The number of oxazole rings is 1. The Labute approximate surface area is 335 Å². The molecule has 0 radical (unpaired) electrons. The number of unbranched alkanes of at least 4 members (excludes halogenated alkanes) is 1. The molecule has 5 N–H and O–H groups in total. The van der Waals surface area contributed by atoms with Gasteiger partial charge < -0.3 is 40.5 Å². The van der Waals surface area contributed by atoms with Crippen LogP contribution in [0.3, 0.4) is 0 Å². The van der Waals surface area contributed by atoms with Crippen molar-refractivity contribution in [1.82, 2.24) is 25.8 Å². The zero-order valence-corrected chi connectivity index (χ0v) is 32.4. The molecule has 0 spiro atoms. The number of nitrogens with two attached hydrogens (primary N) is 1. The summed E-state index contributed by atoms with van der Waals surface area (Å²) >= 11 is 1.62. The van der Waals surface area contributed by atoms with E-state index in [2.05, 4.69) is 20.9 Å². The van der Waals surface area contributed by atoms with Gasteiger partial charge in [0.05, 0.1) is 12.6 Å². The second-order valence-corrected chi connectivity index (χ2v) is 15.2. The van der Waals surface area contributed by atoms with Gasteiger partial charge in [0.2, 0.25) is 17.6 Å². The Kier molecular flexibility index (Phi) is 14.7. The van der Waals surface area contributed by atoms with Crippen LogP contribution in [0.1, 0.15) is 60.3 Å². The van der Waals surface area contributed by atoms with Crippen molar-refractivity contribution in [2.45, 2.75) is 81.0 Å². The first kappa shape index (κ1) is 41.0. The molecule has 0 bridgehead atoms. The number of alkyl carbamates (subject to hydrolysis) is 2. The minimum Gasteiger partial charge on any atom is -0.445 e. The van der Waals surface area contributed by atoms with Crippen LogP contribution in [0.25, 0.3) is 11.1 Å². The van der Waals surface area contributed by atoms with Gasteiger partial charge in [-0.25, -0.2) is 14.6 Å². The summed E-state index contributed by atoms with van der Waals surface area (Å²) in [4.78, 5) is 74.6. The lowest BCUT2D eigenvalue weighted by atomic mass is 10.0. The van der Waals surface area contributed by atoms with Gasteiger partial charge >= 0.3 is 12.2 Å². The predicted molar refractivity (Wildman–Crippen MR) is 215 cm³/mol. The van der Waals surface area contributed by atoms with Crippen LogP contribution >= 0.6 is 11.8 Å². The van der Waals surface area contributed by atoms with Crippen LogP contribution in [0.5, 0.6) is 0 Å². The lowest BCUT2D eigenvalue weighted by molar-refractivity contribution is -0.140. The van der Waals surface area contributed by atoms with E-state index in [0.717, 1.165) is 17.5 Å². The van der Waals surface area contributed by atoms with Crippen molar-refractivity contribution < 1.29 is 37.9 Å². The number of aryl methyl sites for hydroxylation is 1. The number of ether oxygens (including phenoxy) is 2. The summed E-state index contributed by atoms with van der Waals surface area (Å²) in [5, 5.41) is 10.5. The number of rotatable bonds is 18. The number of nitrogens with one attached hydrogen (secondary N) is 3. The highest BCUT2D eigenvalue weighted by Crippen LogP contribution is 2.26. The van der Waals surface area contributed by atoms with Crippen molar-refractivity contribution in [1.29, 1.82) is 0 Å². The third-order valence-electron chi connectivity index (χ3n) is 9.81. The molecule has 5 atom stereocenters. The Balaban J connectivity index is 1.22. The molecule has 2 aliphatic rings. The van der Waals surface area contributed by atoms with Gasteiger partial charge in [-0.3, -0.25) is 14.4 Å². The number of hydrogen-bond acceptors (Lipinski definition) is 11. The highest BCUT2D eigenvalue weighted by molar-refractivity contribution is 8.03. The lowest BCUT2D eigenvalue weighted by Gasteiger charge is -2.29. The number of benzene rings is 3. The maximum atomic E-state index is 14.6. The number of carbonyl (C=O) groups is 5. The monoisotopic (exact) mass is 796 g/mol. The van der Waals surface area contributed by atoms with E-state index >= 15 is 0 Å². The van der Waals surface area contributed by atoms with E-state index in [0.29, 0.717) is 43.5 Å². The smallest absolute Gasteiger partial charge is 0.408 e. The molecule has 1 saturated heterocycles. The van der Waals surface area contributed by atoms with E-state index < -0.39 is 54.0 Å². The first-order valence-corrected chi connectivity index (χ1v) is 20.2. The van der Waals surface area contributed by atoms with Gasteiger partial charge in [-0.05, 0) is 73.7 Å². The molecule has 2 aliphatic heterocycles. The topological polar surface area (TPSA) is 195 Å². The number of aromatic nitrogens is 1. The van der Waals surface area contributed by atoms with Crippen LogP contribution in [0.15, 0.2) is 101 Å². The quantitative estimate of drug-likeness (QED) is 0.0757. The van der Waals surface area contributed by atoms with Crippen LogP contribution in [-0.2, 0) is 32.1 Å². The molecule has 3 heterocycles. The zero-order valence-electron chi connectivity index (χ0n) is 31.5. The van der Waals surface area contributed by atoms with E-state index in [9.17, 15) is 24.0 Å². The molecule has 1 fully saturated rings. The predicted octanol–water partition coefficient (Wildman–Crippen LogP) is 5.27. The highest BCUT2D eigenvalue weighted by atomic mass is 32.2. The molecule has 6 rings (SSSR count). The summed E-state index contributed by atoms with van der Waals surface area (Å²) in [5.74, 6) is -1.87. The number of ketones is 1.